The largest absolute Gasteiger partial charge is 0.367 e. The van der Waals surface area contributed by atoms with Crippen molar-refractivity contribution in [3.05, 3.63) is 59.2 Å². The predicted octanol–water partition coefficient (Wildman–Crippen LogP) is 4.52. The summed E-state index contributed by atoms with van der Waals surface area (Å²) < 4.78 is 5.24. The highest BCUT2D eigenvalue weighted by Crippen LogP contribution is 2.36. The van der Waals surface area contributed by atoms with Crippen molar-refractivity contribution < 1.29 is 4.52 Å². The van der Waals surface area contributed by atoms with E-state index in [1.165, 1.54) is 16.7 Å². The number of nitrogens with zero attached hydrogens (tertiary/aromatic N) is 1. The van der Waals surface area contributed by atoms with Crippen molar-refractivity contribution in [3.63, 3.8) is 0 Å². The highest BCUT2D eigenvalue weighted by Gasteiger charge is 2.17. The van der Waals surface area contributed by atoms with E-state index in [4.69, 9.17) is 10.3 Å². The van der Waals surface area contributed by atoms with E-state index in [0.29, 0.717) is 5.88 Å². The summed E-state index contributed by atoms with van der Waals surface area (Å²) in [5, 5.41) is 4.16. The van der Waals surface area contributed by atoms with Gasteiger partial charge in [0.15, 0.2) is 0 Å². The maximum Gasteiger partial charge on any atom is 0.230 e. The number of hydrogen-bond acceptors (Lipinski definition) is 3. The molecule has 3 aromatic rings. The first-order valence-electron chi connectivity index (χ1n) is 6.96. The zero-order valence-electron chi connectivity index (χ0n) is 12.5. The molecule has 3 nitrogen and oxygen atoms in total. The molecule has 0 saturated heterocycles. The Bertz CT molecular complexity index is 803. The molecule has 106 valence electrons. The minimum absolute atomic E-state index is 0.355. The Balaban J connectivity index is 2.19. The van der Waals surface area contributed by atoms with E-state index in [9.17, 15) is 0 Å². The lowest BCUT2D eigenvalue weighted by molar-refractivity contribution is 0.439. The molecule has 21 heavy (non-hydrogen) atoms. The zero-order valence-corrected chi connectivity index (χ0v) is 12.5. The summed E-state index contributed by atoms with van der Waals surface area (Å²) in [5.74, 6) is 0.355. The quantitative estimate of drug-likeness (QED) is 0.750. The van der Waals surface area contributed by atoms with Gasteiger partial charge in [-0.05, 0) is 43.5 Å². The molecule has 2 aromatic carbocycles. The van der Waals surface area contributed by atoms with Crippen LogP contribution in [0.1, 0.15) is 16.7 Å². The smallest absolute Gasteiger partial charge is 0.230 e. The fourth-order valence-corrected chi connectivity index (χ4v) is 2.47. The van der Waals surface area contributed by atoms with Crippen LogP contribution in [0.5, 0.6) is 0 Å². The van der Waals surface area contributed by atoms with Gasteiger partial charge in [-0.25, -0.2) is 0 Å². The van der Waals surface area contributed by atoms with Crippen molar-refractivity contribution in [2.45, 2.75) is 20.8 Å². The minimum atomic E-state index is 0.355. The SMILES string of the molecule is Cc1cccc(-c2c(-c3ccc(C)c(C)c3)noc2N)c1. The molecule has 3 heteroatoms. The maximum absolute atomic E-state index is 6.00. The molecule has 0 aliphatic heterocycles. The summed E-state index contributed by atoms with van der Waals surface area (Å²) in [6.07, 6.45) is 0. The normalized spacial score (nSPS) is 10.8. The number of hydrogen-bond donors (Lipinski definition) is 1. The molecule has 0 spiro atoms. The summed E-state index contributed by atoms with van der Waals surface area (Å²) in [7, 11) is 0. The van der Waals surface area contributed by atoms with Gasteiger partial charge in [-0.15, -0.1) is 0 Å². The van der Waals surface area contributed by atoms with Crippen LogP contribution < -0.4 is 5.73 Å². The third kappa shape index (κ3) is 2.42. The van der Waals surface area contributed by atoms with Gasteiger partial charge in [-0.1, -0.05) is 47.1 Å². The van der Waals surface area contributed by atoms with E-state index in [1.54, 1.807) is 0 Å². The molecule has 1 aromatic heterocycles. The number of nitrogens with two attached hydrogens (primary N) is 1. The second-order valence-electron chi connectivity index (χ2n) is 5.44. The van der Waals surface area contributed by atoms with Crippen molar-refractivity contribution in [1.29, 1.82) is 0 Å². The summed E-state index contributed by atoms with van der Waals surface area (Å²) in [6, 6.07) is 14.5. The fraction of sp³-hybridized carbons (Fsp3) is 0.167. The topological polar surface area (TPSA) is 52.0 Å². The van der Waals surface area contributed by atoms with E-state index in [0.717, 1.165) is 22.4 Å². The molecule has 3 rings (SSSR count). The average molecular weight is 278 g/mol. The van der Waals surface area contributed by atoms with Crippen molar-refractivity contribution in [3.8, 4) is 22.4 Å². The lowest BCUT2D eigenvalue weighted by Crippen LogP contribution is -1.89. The monoisotopic (exact) mass is 278 g/mol. The molecule has 0 saturated carbocycles. The summed E-state index contributed by atoms with van der Waals surface area (Å²) >= 11 is 0. The van der Waals surface area contributed by atoms with E-state index in [-0.39, 0.29) is 0 Å². The first-order chi connectivity index (χ1) is 10.1. The Hall–Kier alpha value is -2.55. The van der Waals surface area contributed by atoms with Crippen LogP contribution in [0.3, 0.4) is 0 Å². The zero-order chi connectivity index (χ0) is 15.0. The third-order valence-corrected chi connectivity index (χ3v) is 3.81. The van der Waals surface area contributed by atoms with E-state index in [1.807, 2.05) is 12.1 Å². The molecule has 0 bridgehead atoms. The first-order valence-corrected chi connectivity index (χ1v) is 6.96. The molecule has 2 N–H and O–H groups in total. The van der Waals surface area contributed by atoms with Gasteiger partial charge in [0.1, 0.15) is 5.69 Å². The van der Waals surface area contributed by atoms with Gasteiger partial charge in [0, 0.05) is 5.56 Å². The molecule has 0 atom stereocenters. The number of rotatable bonds is 2. The van der Waals surface area contributed by atoms with Crippen molar-refractivity contribution >= 4 is 5.88 Å². The van der Waals surface area contributed by atoms with Crippen LogP contribution in [0, 0.1) is 20.8 Å². The molecule has 0 radical (unpaired) electrons. The molecular weight excluding hydrogens is 260 g/mol. The molecular formula is C18H18N2O. The van der Waals surface area contributed by atoms with Gasteiger partial charge >= 0.3 is 0 Å². The minimum Gasteiger partial charge on any atom is -0.367 e. The van der Waals surface area contributed by atoms with Crippen LogP contribution in [-0.4, -0.2) is 5.16 Å². The maximum atomic E-state index is 6.00. The van der Waals surface area contributed by atoms with Gasteiger partial charge in [-0.2, -0.15) is 0 Å². The lowest BCUT2D eigenvalue weighted by atomic mass is 9.97. The Morgan fingerprint density at radius 3 is 2.43 bits per heavy atom. The molecule has 1 heterocycles. The number of benzene rings is 2. The Labute approximate surface area is 124 Å². The third-order valence-electron chi connectivity index (χ3n) is 3.81. The van der Waals surface area contributed by atoms with Crippen LogP contribution in [0.2, 0.25) is 0 Å². The number of anilines is 1. The first kappa shape index (κ1) is 13.4. The fourth-order valence-electron chi connectivity index (χ4n) is 2.47. The van der Waals surface area contributed by atoms with Crippen LogP contribution >= 0.6 is 0 Å². The summed E-state index contributed by atoms with van der Waals surface area (Å²) in [4.78, 5) is 0. The van der Waals surface area contributed by atoms with E-state index >= 15 is 0 Å². The predicted molar refractivity (Wildman–Crippen MR) is 86.0 cm³/mol. The van der Waals surface area contributed by atoms with Crippen LogP contribution in [0.25, 0.3) is 22.4 Å². The van der Waals surface area contributed by atoms with Crippen LogP contribution in [0.4, 0.5) is 5.88 Å². The van der Waals surface area contributed by atoms with Crippen LogP contribution in [-0.2, 0) is 0 Å². The summed E-state index contributed by atoms with van der Waals surface area (Å²) in [5.41, 5.74) is 13.4. The average Bonchev–Trinajstić information content (AvgIpc) is 2.84. The Morgan fingerprint density at radius 1 is 0.905 bits per heavy atom. The van der Waals surface area contributed by atoms with E-state index < -0.39 is 0 Å². The molecule has 0 aliphatic carbocycles. The highest BCUT2D eigenvalue weighted by molar-refractivity contribution is 5.87. The van der Waals surface area contributed by atoms with Crippen molar-refractivity contribution in [1.82, 2.24) is 5.16 Å². The number of nitrogen functional groups attached to an aromatic ring is 1. The van der Waals surface area contributed by atoms with Crippen molar-refractivity contribution in [2.24, 2.45) is 0 Å². The molecule has 0 aliphatic rings. The Morgan fingerprint density at radius 2 is 1.71 bits per heavy atom. The van der Waals surface area contributed by atoms with Gasteiger partial charge in [-0.3, -0.25) is 0 Å². The van der Waals surface area contributed by atoms with Gasteiger partial charge in [0.05, 0.1) is 5.56 Å². The highest BCUT2D eigenvalue weighted by atomic mass is 16.5. The van der Waals surface area contributed by atoms with E-state index in [2.05, 4.69) is 56.3 Å². The van der Waals surface area contributed by atoms with Gasteiger partial charge in [0.2, 0.25) is 5.88 Å². The molecule has 0 amide bonds. The number of aromatic nitrogens is 1. The van der Waals surface area contributed by atoms with Crippen LogP contribution in [0.15, 0.2) is 47.0 Å². The van der Waals surface area contributed by atoms with Gasteiger partial charge in [0.25, 0.3) is 0 Å². The van der Waals surface area contributed by atoms with Crippen molar-refractivity contribution in [2.75, 3.05) is 5.73 Å². The molecule has 0 unspecified atom stereocenters. The molecule has 0 fully saturated rings. The van der Waals surface area contributed by atoms with Gasteiger partial charge < -0.3 is 10.3 Å². The second kappa shape index (κ2) is 5.09. The summed E-state index contributed by atoms with van der Waals surface area (Å²) in [6.45, 7) is 6.25. The Kier molecular flexibility index (Phi) is 3.26. The lowest BCUT2D eigenvalue weighted by Gasteiger charge is -2.06. The standard InChI is InChI=1S/C18H18N2O/c1-11-5-4-6-14(9-11)16-17(20-21-18(16)19)15-8-7-12(2)13(3)10-15/h4-10H,19H2,1-3H3. The number of aryl methyl sites for hydroxylation is 3. The second-order valence-corrected chi connectivity index (χ2v) is 5.44.